The average molecular weight is 415 g/mol. The molecule has 30 heavy (non-hydrogen) atoms. The number of phenols is 1. The minimum atomic E-state index is 0.0494. The lowest BCUT2D eigenvalue weighted by molar-refractivity contribution is -0.912. The van der Waals surface area contributed by atoms with E-state index < -0.39 is 0 Å². The van der Waals surface area contributed by atoms with Crippen LogP contribution in [0.3, 0.4) is 0 Å². The number of hydrogen-bond acceptors (Lipinski definition) is 4. The predicted molar refractivity (Wildman–Crippen MR) is 115 cm³/mol. The summed E-state index contributed by atoms with van der Waals surface area (Å²) in [5, 5.41) is 11.0. The molecule has 0 bridgehead atoms. The highest BCUT2D eigenvalue weighted by atomic mass is 16.5. The highest BCUT2D eigenvalue weighted by molar-refractivity contribution is 5.62. The van der Waals surface area contributed by atoms with E-state index in [0.717, 1.165) is 31.5 Å². The Morgan fingerprint density at radius 2 is 1.43 bits per heavy atom. The van der Waals surface area contributed by atoms with Crippen LogP contribution in [0, 0.1) is 0 Å². The van der Waals surface area contributed by atoms with E-state index in [9.17, 15) is 5.11 Å². The van der Waals surface area contributed by atoms with Crippen molar-refractivity contribution in [2.75, 3.05) is 41.4 Å². The molecular formula is C24H34N2O4+2. The fourth-order valence-corrected chi connectivity index (χ4v) is 4.83. The average Bonchev–Trinajstić information content (AvgIpc) is 2.75. The topological polar surface area (TPSA) is 56.8 Å². The molecule has 0 spiro atoms. The Labute approximate surface area is 179 Å². The van der Waals surface area contributed by atoms with Gasteiger partial charge < -0.3 is 29.1 Å². The zero-order valence-corrected chi connectivity index (χ0v) is 18.9. The minimum Gasteiger partial charge on any atom is -0.502 e. The number of fused-ring (bicyclic) bond motifs is 2. The van der Waals surface area contributed by atoms with Gasteiger partial charge in [-0.1, -0.05) is 0 Å². The second-order valence-electron chi connectivity index (χ2n) is 8.77. The Bertz CT molecular complexity index is 959. The number of benzene rings is 2. The summed E-state index contributed by atoms with van der Waals surface area (Å²) in [5.41, 5.74) is 4.81. The number of phenolic OH excluding ortho intramolecular Hbond substituents is 1. The SMILES string of the molecule is COc1cc2c(cc1Oc1c(O)c(OC)cc3c1[C@@H](C)[NH+](C)CC3)[C@@H](C)[NH+](C)CC2. The number of hydrogen-bond donors (Lipinski definition) is 3. The first kappa shape index (κ1) is 20.8. The van der Waals surface area contributed by atoms with Crippen LogP contribution in [0.15, 0.2) is 18.2 Å². The molecule has 3 N–H and O–H groups in total. The van der Waals surface area contributed by atoms with Gasteiger partial charge >= 0.3 is 0 Å². The first-order valence-corrected chi connectivity index (χ1v) is 10.8. The number of nitrogens with one attached hydrogen (secondary N) is 2. The summed E-state index contributed by atoms with van der Waals surface area (Å²) in [7, 11) is 7.65. The number of rotatable bonds is 4. The van der Waals surface area contributed by atoms with Crippen molar-refractivity contribution in [3.63, 3.8) is 0 Å². The van der Waals surface area contributed by atoms with Crippen molar-refractivity contribution >= 4 is 0 Å². The van der Waals surface area contributed by atoms with Crippen molar-refractivity contribution in [3.05, 3.63) is 40.5 Å². The molecule has 2 unspecified atom stereocenters. The summed E-state index contributed by atoms with van der Waals surface area (Å²) in [6.07, 6.45) is 1.94. The lowest BCUT2D eigenvalue weighted by atomic mass is 9.91. The summed E-state index contributed by atoms with van der Waals surface area (Å²) in [6, 6.07) is 6.72. The first-order chi connectivity index (χ1) is 14.3. The summed E-state index contributed by atoms with van der Waals surface area (Å²) in [6.45, 7) is 6.57. The molecule has 0 saturated carbocycles. The van der Waals surface area contributed by atoms with E-state index in [1.165, 1.54) is 26.5 Å². The van der Waals surface area contributed by atoms with Crippen LogP contribution in [-0.2, 0) is 12.8 Å². The Kier molecular flexibility index (Phi) is 5.55. The molecule has 2 aliphatic heterocycles. The second-order valence-corrected chi connectivity index (χ2v) is 8.77. The van der Waals surface area contributed by atoms with Crippen molar-refractivity contribution in [2.24, 2.45) is 0 Å². The number of quaternary nitrogens is 2. The third kappa shape index (κ3) is 3.38. The van der Waals surface area contributed by atoms with Gasteiger partial charge in [0.2, 0.25) is 5.75 Å². The zero-order valence-electron chi connectivity index (χ0n) is 18.9. The van der Waals surface area contributed by atoms with Crippen LogP contribution in [0.5, 0.6) is 28.7 Å². The molecule has 2 aromatic carbocycles. The molecule has 4 rings (SSSR count). The van der Waals surface area contributed by atoms with Gasteiger partial charge in [0.05, 0.1) is 47.0 Å². The van der Waals surface area contributed by atoms with Gasteiger partial charge in [-0.3, -0.25) is 0 Å². The van der Waals surface area contributed by atoms with Crippen LogP contribution in [0.4, 0.5) is 0 Å². The zero-order chi connectivity index (χ0) is 21.6. The molecule has 4 atom stereocenters. The standard InChI is InChI=1S/C24H32N2O4/c1-14-18-13-20(19(28-5)11-16(18)7-9-25(14)3)30-24-22-15(2)26(4)10-8-17(22)12-21(29-6)23(24)27/h11-15,27H,7-10H2,1-6H3/p+2/t14-,15-/m1/s1. The maximum atomic E-state index is 11.0. The molecular weight excluding hydrogens is 380 g/mol. The lowest BCUT2D eigenvalue weighted by Crippen LogP contribution is -3.10. The summed E-state index contributed by atoms with van der Waals surface area (Å²) in [4.78, 5) is 2.88. The monoisotopic (exact) mass is 414 g/mol. The molecule has 0 aliphatic carbocycles. The molecule has 162 valence electrons. The smallest absolute Gasteiger partial charge is 0.201 e. The van der Waals surface area contributed by atoms with E-state index in [2.05, 4.69) is 40.1 Å². The summed E-state index contributed by atoms with van der Waals surface area (Å²) < 4.78 is 17.6. The van der Waals surface area contributed by atoms with E-state index in [1.54, 1.807) is 14.2 Å². The van der Waals surface area contributed by atoms with E-state index in [1.807, 2.05) is 6.07 Å². The number of methoxy groups -OCH3 is 2. The molecule has 6 nitrogen and oxygen atoms in total. The molecule has 6 heteroatoms. The van der Waals surface area contributed by atoms with Gasteiger partial charge in [0, 0.05) is 18.4 Å². The van der Waals surface area contributed by atoms with Crippen molar-refractivity contribution < 1.29 is 29.1 Å². The fourth-order valence-electron chi connectivity index (χ4n) is 4.83. The Morgan fingerprint density at radius 3 is 2.10 bits per heavy atom. The first-order valence-electron chi connectivity index (χ1n) is 10.8. The van der Waals surface area contributed by atoms with Gasteiger partial charge in [-0.2, -0.15) is 0 Å². The molecule has 0 saturated heterocycles. The van der Waals surface area contributed by atoms with Crippen LogP contribution < -0.4 is 24.0 Å². The Balaban J connectivity index is 1.85. The molecule has 0 amide bonds. The molecule has 2 heterocycles. The molecule has 0 fully saturated rings. The fraction of sp³-hybridized carbons (Fsp3) is 0.500. The largest absolute Gasteiger partial charge is 0.502 e. The van der Waals surface area contributed by atoms with Crippen molar-refractivity contribution in [1.29, 1.82) is 0 Å². The highest BCUT2D eigenvalue weighted by Gasteiger charge is 2.33. The Morgan fingerprint density at radius 1 is 0.833 bits per heavy atom. The van der Waals surface area contributed by atoms with Crippen LogP contribution in [0.25, 0.3) is 0 Å². The van der Waals surface area contributed by atoms with E-state index in [-0.39, 0.29) is 11.8 Å². The van der Waals surface area contributed by atoms with Crippen LogP contribution in [0.1, 0.15) is 48.2 Å². The van der Waals surface area contributed by atoms with Gasteiger partial charge in [-0.25, -0.2) is 0 Å². The Hall–Kier alpha value is -2.44. The number of ether oxygens (including phenoxy) is 3. The number of likely N-dealkylation sites (N-methyl/N-ethyl adjacent to an activating group) is 2. The third-order valence-corrected chi connectivity index (χ3v) is 7.16. The van der Waals surface area contributed by atoms with Crippen molar-refractivity contribution in [3.8, 4) is 28.7 Å². The van der Waals surface area contributed by atoms with Crippen LogP contribution >= 0.6 is 0 Å². The summed E-state index contributed by atoms with van der Waals surface area (Å²) in [5.74, 6) is 2.32. The maximum Gasteiger partial charge on any atom is 0.201 e. The van der Waals surface area contributed by atoms with Crippen LogP contribution in [-0.4, -0.2) is 46.5 Å². The third-order valence-electron chi connectivity index (χ3n) is 7.16. The highest BCUT2D eigenvalue weighted by Crippen LogP contribution is 2.48. The molecule has 2 aliphatic rings. The lowest BCUT2D eigenvalue weighted by Gasteiger charge is -2.32. The van der Waals surface area contributed by atoms with Gasteiger partial charge in [0.1, 0.15) is 12.1 Å². The predicted octanol–water partition coefficient (Wildman–Crippen LogP) is 1.47. The molecule has 2 aromatic rings. The van der Waals surface area contributed by atoms with E-state index in [4.69, 9.17) is 14.2 Å². The summed E-state index contributed by atoms with van der Waals surface area (Å²) >= 11 is 0. The normalized spacial score (nSPS) is 25.3. The van der Waals surface area contributed by atoms with Gasteiger partial charge in [-0.15, -0.1) is 0 Å². The molecule has 0 aromatic heterocycles. The minimum absolute atomic E-state index is 0.0494. The second kappa shape index (κ2) is 8.00. The van der Waals surface area contributed by atoms with Gasteiger partial charge in [0.25, 0.3) is 0 Å². The quantitative estimate of drug-likeness (QED) is 0.709. The van der Waals surface area contributed by atoms with Crippen LogP contribution in [0.2, 0.25) is 0 Å². The van der Waals surface area contributed by atoms with Crippen molar-refractivity contribution in [1.82, 2.24) is 0 Å². The van der Waals surface area contributed by atoms with Gasteiger partial charge in [0.15, 0.2) is 23.0 Å². The van der Waals surface area contributed by atoms with E-state index >= 15 is 0 Å². The number of aromatic hydroxyl groups is 1. The van der Waals surface area contributed by atoms with Crippen molar-refractivity contribution in [2.45, 2.75) is 38.8 Å². The van der Waals surface area contributed by atoms with E-state index in [0.29, 0.717) is 29.0 Å². The molecule has 0 radical (unpaired) electrons. The maximum absolute atomic E-state index is 11.0. The van der Waals surface area contributed by atoms with Gasteiger partial charge in [-0.05, 0) is 43.2 Å².